The molecule has 1 saturated heterocycles. The van der Waals surface area contributed by atoms with E-state index in [1.807, 2.05) is 4.90 Å². The fourth-order valence-corrected chi connectivity index (χ4v) is 3.22. The largest absolute Gasteiger partial charge is 0.351 e. The van der Waals surface area contributed by atoms with E-state index in [2.05, 4.69) is 41.8 Å². The molecule has 0 radical (unpaired) electrons. The number of nitrogens with two attached hydrogens (primary N) is 1. The maximum Gasteiger partial charge on any atom is 0.316 e. The fraction of sp³-hybridized carbons (Fsp3) is 0.300. The lowest BCUT2D eigenvalue weighted by Crippen LogP contribution is -2.48. The molecule has 3 rings (SSSR count). The molecule has 1 heterocycles. The zero-order chi connectivity index (χ0) is 18.5. The summed E-state index contributed by atoms with van der Waals surface area (Å²) in [4.78, 5) is 25.8. The van der Waals surface area contributed by atoms with Crippen LogP contribution < -0.4 is 16.4 Å². The summed E-state index contributed by atoms with van der Waals surface area (Å²) in [6, 6.07) is 14.6. The number of benzene rings is 2. The summed E-state index contributed by atoms with van der Waals surface area (Å²) in [6.07, 6.45) is 0.998. The first kappa shape index (κ1) is 17.9. The monoisotopic (exact) mass is 352 g/mol. The van der Waals surface area contributed by atoms with Crippen LogP contribution >= 0.6 is 0 Å². The molecular weight excluding hydrogens is 328 g/mol. The van der Waals surface area contributed by atoms with Crippen LogP contribution in [0.4, 0.5) is 10.5 Å². The van der Waals surface area contributed by atoms with Gasteiger partial charge in [0.2, 0.25) is 0 Å². The predicted molar refractivity (Wildman–Crippen MR) is 102 cm³/mol. The molecule has 136 valence electrons. The second-order valence-corrected chi connectivity index (χ2v) is 6.38. The van der Waals surface area contributed by atoms with Crippen LogP contribution in [-0.4, -0.2) is 36.5 Å². The van der Waals surface area contributed by atoms with Gasteiger partial charge in [-0.1, -0.05) is 31.2 Å². The lowest BCUT2D eigenvalue weighted by molar-refractivity contribution is 0.0634. The number of aryl methyl sites for hydroxylation is 1. The van der Waals surface area contributed by atoms with Crippen molar-refractivity contribution in [2.24, 2.45) is 5.73 Å². The number of hydrogen-bond donors (Lipinski definition) is 3. The van der Waals surface area contributed by atoms with Gasteiger partial charge in [0, 0.05) is 30.9 Å². The van der Waals surface area contributed by atoms with Crippen LogP contribution in [-0.2, 0) is 6.42 Å². The molecule has 3 amide bonds. The summed E-state index contributed by atoms with van der Waals surface area (Å²) in [7, 11) is 0. The van der Waals surface area contributed by atoms with Crippen molar-refractivity contribution in [1.82, 2.24) is 10.2 Å². The number of urea groups is 1. The van der Waals surface area contributed by atoms with Gasteiger partial charge < -0.3 is 21.3 Å². The normalized spacial score (nSPS) is 17.0. The molecule has 0 aromatic heterocycles. The maximum absolute atomic E-state index is 13.0. The standard InChI is InChI=1S/C20H24N4O2/c1-2-14-3-5-15(6-4-14)18-13-22-11-12-24(18)19(25)16-7-9-17(10-8-16)23-20(21)26/h3-10,18,22H,2,11-13H2,1H3,(H3,21,23,26). The molecule has 1 fully saturated rings. The van der Waals surface area contributed by atoms with Gasteiger partial charge in [-0.2, -0.15) is 0 Å². The highest BCUT2D eigenvalue weighted by molar-refractivity contribution is 5.95. The van der Waals surface area contributed by atoms with E-state index in [4.69, 9.17) is 5.73 Å². The number of carbonyl (C=O) groups excluding carboxylic acids is 2. The Morgan fingerprint density at radius 1 is 1.15 bits per heavy atom. The van der Waals surface area contributed by atoms with Gasteiger partial charge in [-0.25, -0.2) is 4.79 Å². The van der Waals surface area contributed by atoms with Crippen molar-refractivity contribution < 1.29 is 9.59 Å². The van der Waals surface area contributed by atoms with Gasteiger partial charge >= 0.3 is 6.03 Å². The Kier molecular flexibility index (Phi) is 5.53. The van der Waals surface area contributed by atoms with E-state index in [1.54, 1.807) is 24.3 Å². The molecular formula is C20H24N4O2. The second-order valence-electron chi connectivity index (χ2n) is 6.38. The van der Waals surface area contributed by atoms with Gasteiger partial charge in [0.05, 0.1) is 6.04 Å². The number of piperazine rings is 1. The minimum Gasteiger partial charge on any atom is -0.351 e. The quantitative estimate of drug-likeness (QED) is 0.790. The average molecular weight is 352 g/mol. The number of hydrogen-bond acceptors (Lipinski definition) is 3. The van der Waals surface area contributed by atoms with Crippen molar-refractivity contribution in [3.63, 3.8) is 0 Å². The summed E-state index contributed by atoms with van der Waals surface area (Å²) in [5, 5.41) is 5.87. The first-order chi connectivity index (χ1) is 12.6. The Labute approximate surface area is 153 Å². The van der Waals surface area contributed by atoms with Crippen LogP contribution in [0.5, 0.6) is 0 Å². The molecule has 1 unspecified atom stereocenters. The van der Waals surface area contributed by atoms with Crippen molar-refractivity contribution in [1.29, 1.82) is 0 Å². The Balaban J connectivity index is 1.79. The van der Waals surface area contributed by atoms with Crippen LogP contribution in [0.15, 0.2) is 48.5 Å². The van der Waals surface area contributed by atoms with Gasteiger partial charge in [-0.3, -0.25) is 4.79 Å². The lowest BCUT2D eigenvalue weighted by Gasteiger charge is -2.36. The minimum absolute atomic E-state index is 0.00516. The molecule has 26 heavy (non-hydrogen) atoms. The average Bonchev–Trinajstić information content (AvgIpc) is 2.68. The highest BCUT2D eigenvalue weighted by Gasteiger charge is 2.28. The Morgan fingerprint density at radius 2 is 1.85 bits per heavy atom. The highest BCUT2D eigenvalue weighted by Crippen LogP contribution is 2.25. The number of amides is 3. The number of nitrogens with zero attached hydrogens (tertiary/aromatic N) is 1. The first-order valence-electron chi connectivity index (χ1n) is 8.85. The van der Waals surface area contributed by atoms with E-state index in [9.17, 15) is 9.59 Å². The van der Waals surface area contributed by atoms with Crippen LogP contribution in [0.1, 0.15) is 34.5 Å². The first-order valence-corrected chi connectivity index (χ1v) is 8.85. The summed E-state index contributed by atoms with van der Waals surface area (Å²) in [6.45, 7) is 4.29. The van der Waals surface area contributed by atoms with E-state index in [0.717, 1.165) is 25.1 Å². The van der Waals surface area contributed by atoms with E-state index < -0.39 is 6.03 Å². The van der Waals surface area contributed by atoms with Crippen molar-refractivity contribution in [2.45, 2.75) is 19.4 Å². The minimum atomic E-state index is -0.623. The van der Waals surface area contributed by atoms with Crippen LogP contribution in [0.2, 0.25) is 0 Å². The summed E-state index contributed by atoms with van der Waals surface area (Å²) >= 11 is 0. The van der Waals surface area contributed by atoms with Gasteiger partial charge in [0.25, 0.3) is 5.91 Å². The van der Waals surface area contributed by atoms with Gasteiger partial charge in [-0.05, 0) is 41.8 Å². The van der Waals surface area contributed by atoms with Crippen molar-refractivity contribution in [3.8, 4) is 0 Å². The number of nitrogens with one attached hydrogen (secondary N) is 2. The summed E-state index contributed by atoms with van der Waals surface area (Å²) in [5.41, 5.74) is 8.69. The van der Waals surface area contributed by atoms with E-state index in [1.165, 1.54) is 5.56 Å². The third-order valence-corrected chi connectivity index (χ3v) is 4.68. The molecule has 1 atom stereocenters. The molecule has 6 heteroatoms. The smallest absolute Gasteiger partial charge is 0.316 e. The van der Waals surface area contributed by atoms with Gasteiger partial charge in [0.1, 0.15) is 0 Å². The third kappa shape index (κ3) is 4.03. The van der Waals surface area contributed by atoms with E-state index in [0.29, 0.717) is 17.8 Å². The van der Waals surface area contributed by atoms with Crippen molar-refractivity contribution in [2.75, 3.05) is 25.0 Å². The SMILES string of the molecule is CCc1ccc(C2CNCCN2C(=O)c2ccc(NC(N)=O)cc2)cc1. The molecule has 1 aliphatic heterocycles. The summed E-state index contributed by atoms with van der Waals surface area (Å²) < 4.78 is 0. The molecule has 0 aliphatic carbocycles. The second kappa shape index (κ2) is 8.01. The zero-order valence-corrected chi connectivity index (χ0v) is 14.9. The predicted octanol–water partition coefficient (Wildman–Crippen LogP) is 2.53. The molecule has 0 bridgehead atoms. The topological polar surface area (TPSA) is 87.5 Å². The Bertz CT molecular complexity index is 771. The number of primary amides is 1. The molecule has 2 aromatic rings. The van der Waals surface area contributed by atoms with Crippen LogP contribution in [0, 0.1) is 0 Å². The summed E-state index contributed by atoms with van der Waals surface area (Å²) in [5.74, 6) is -0.0123. The van der Waals surface area contributed by atoms with Crippen LogP contribution in [0.3, 0.4) is 0 Å². The molecule has 4 N–H and O–H groups in total. The van der Waals surface area contributed by atoms with Crippen molar-refractivity contribution in [3.05, 3.63) is 65.2 Å². The fourth-order valence-electron chi connectivity index (χ4n) is 3.22. The zero-order valence-electron chi connectivity index (χ0n) is 14.9. The molecule has 2 aromatic carbocycles. The van der Waals surface area contributed by atoms with Crippen molar-refractivity contribution >= 4 is 17.6 Å². The third-order valence-electron chi connectivity index (χ3n) is 4.68. The Hall–Kier alpha value is -2.86. The van der Waals surface area contributed by atoms with Gasteiger partial charge in [-0.15, -0.1) is 0 Å². The van der Waals surface area contributed by atoms with E-state index >= 15 is 0 Å². The van der Waals surface area contributed by atoms with Gasteiger partial charge in [0.15, 0.2) is 0 Å². The molecule has 6 nitrogen and oxygen atoms in total. The molecule has 0 saturated carbocycles. The van der Waals surface area contributed by atoms with E-state index in [-0.39, 0.29) is 11.9 Å². The highest BCUT2D eigenvalue weighted by atomic mass is 16.2. The Morgan fingerprint density at radius 3 is 2.46 bits per heavy atom. The number of carbonyl (C=O) groups is 2. The number of rotatable bonds is 4. The lowest BCUT2D eigenvalue weighted by atomic mass is 10.00. The number of anilines is 1. The molecule has 1 aliphatic rings. The van der Waals surface area contributed by atoms with Crippen LogP contribution in [0.25, 0.3) is 0 Å². The maximum atomic E-state index is 13.0. The molecule has 0 spiro atoms.